The molecule has 1 fully saturated rings. The molecule has 2 N–H and O–H groups in total. The summed E-state index contributed by atoms with van der Waals surface area (Å²) in [5, 5.41) is 11.8. The Labute approximate surface area is 66.1 Å². The number of carbonyl (C=O) groups is 1. The molecule has 1 saturated heterocycles. The van der Waals surface area contributed by atoms with Gasteiger partial charge in [-0.3, -0.25) is 4.79 Å². The SMILES string of the molecule is CC(=O)NC1CCCOB1O. The van der Waals surface area contributed by atoms with Crippen LogP contribution in [0.3, 0.4) is 0 Å². The molecule has 1 unspecified atom stereocenters. The molecular weight excluding hydrogens is 145 g/mol. The maximum Gasteiger partial charge on any atom is 0.478 e. The van der Waals surface area contributed by atoms with Crippen molar-refractivity contribution in [3.8, 4) is 0 Å². The first-order chi connectivity index (χ1) is 5.20. The molecule has 0 radical (unpaired) electrons. The fourth-order valence-electron chi connectivity index (χ4n) is 1.17. The molecule has 4 nitrogen and oxygen atoms in total. The zero-order valence-corrected chi connectivity index (χ0v) is 6.54. The van der Waals surface area contributed by atoms with Crippen LogP contribution in [0.15, 0.2) is 0 Å². The van der Waals surface area contributed by atoms with E-state index in [0.717, 1.165) is 12.8 Å². The van der Waals surface area contributed by atoms with Gasteiger partial charge in [0.15, 0.2) is 0 Å². The lowest BCUT2D eigenvalue weighted by Crippen LogP contribution is -2.49. The quantitative estimate of drug-likeness (QED) is 0.496. The van der Waals surface area contributed by atoms with Gasteiger partial charge in [0.25, 0.3) is 0 Å². The van der Waals surface area contributed by atoms with E-state index in [-0.39, 0.29) is 11.8 Å². The minimum Gasteiger partial charge on any atom is -0.426 e. The third-order valence-corrected chi connectivity index (χ3v) is 1.68. The zero-order chi connectivity index (χ0) is 8.27. The molecule has 0 spiro atoms. The van der Waals surface area contributed by atoms with E-state index in [1.165, 1.54) is 6.92 Å². The molecule has 0 aromatic rings. The third kappa shape index (κ3) is 2.51. The van der Waals surface area contributed by atoms with Crippen LogP contribution in [0.2, 0.25) is 0 Å². The van der Waals surface area contributed by atoms with Crippen LogP contribution in [-0.2, 0) is 9.45 Å². The highest BCUT2D eigenvalue weighted by Crippen LogP contribution is 2.08. The third-order valence-electron chi connectivity index (χ3n) is 1.68. The van der Waals surface area contributed by atoms with E-state index in [1.54, 1.807) is 0 Å². The van der Waals surface area contributed by atoms with E-state index in [9.17, 15) is 9.82 Å². The van der Waals surface area contributed by atoms with Gasteiger partial charge in [-0.15, -0.1) is 0 Å². The number of rotatable bonds is 1. The summed E-state index contributed by atoms with van der Waals surface area (Å²) >= 11 is 0. The van der Waals surface area contributed by atoms with Crippen molar-refractivity contribution in [3.63, 3.8) is 0 Å². The standard InChI is InChI=1S/C6H12BNO3/c1-5(9)8-6-3-2-4-11-7(6)10/h6,10H,2-4H2,1H3,(H,8,9). The Morgan fingerprint density at radius 1 is 1.82 bits per heavy atom. The Hall–Kier alpha value is -0.545. The second-order valence-corrected chi connectivity index (χ2v) is 2.71. The Balaban J connectivity index is 2.35. The first-order valence-electron chi connectivity index (χ1n) is 3.77. The summed E-state index contributed by atoms with van der Waals surface area (Å²) in [5.41, 5.74) is 0. The summed E-state index contributed by atoms with van der Waals surface area (Å²) in [6, 6.07) is 0. The van der Waals surface area contributed by atoms with E-state index >= 15 is 0 Å². The Kier molecular flexibility index (Phi) is 2.90. The molecule has 5 heteroatoms. The Morgan fingerprint density at radius 3 is 3.09 bits per heavy atom. The van der Waals surface area contributed by atoms with Crippen LogP contribution in [0.4, 0.5) is 0 Å². The molecule has 1 aliphatic heterocycles. The second-order valence-electron chi connectivity index (χ2n) is 2.71. The van der Waals surface area contributed by atoms with Crippen LogP contribution in [0, 0.1) is 0 Å². The van der Waals surface area contributed by atoms with Crippen molar-refractivity contribution < 1.29 is 14.5 Å². The molecule has 11 heavy (non-hydrogen) atoms. The highest BCUT2D eigenvalue weighted by molar-refractivity contribution is 6.45. The van der Waals surface area contributed by atoms with Crippen molar-refractivity contribution in [2.24, 2.45) is 0 Å². The predicted octanol–water partition coefficient (Wildman–Crippen LogP) is -0.679. The lowest BCUT2D eigenvalue weighted by atomic mass is 9.74. The van der Waals surface area contributed by atoms with Gasteiger partial charge < -0.3 is 15.0 Å². The number of carbonyl (C=O) groups excluding carboxylic acids is 1. The highest BCUT2D eigenvalue weighted by Gasteiger charge is 2.30. The monoisotopic (exact) mass is 157 g/mol. The summed E-state index contributed by atoms with van der Waals surface area (Å²) < 4.78 is 4.93. The van der Waals surface area contributed by atoms with Crippen LogP contribution in [0.25, 0.3) is 0 Å². The van der Waals surface area contributed by atoms with E-state index in [0.29, 0.717) is 6.61 Å². The normalized spacial score (nSPS) is 24.9. The topological polar surface area (TPSA) is 58.6 Å². The first kappa shape index (κ1) is 8.55. The zero-order valence-electron chi connectivity index (χ0n) is 6.54. The molecule has 0 aromatic heterocycles. The molecule has 1 amide bonds. The Bertz CT molecular complexity index is 153. The van der Waals surface area contributed by atoms with E-state index in [4.69, 9.17) is 4.65 Å². The lowest BCUT2D eigenvalue weighted by Gasteiger charge is -2.24. The van der Waals surface area contributed by atoms with Crippen molar-refractivity contribution in [1.29, 1.82) is 0 Å². The number of nitrogens with one attached hydrogen (secondary N) is 1. The van der Waals surface area contributed by atoms with Gasteiger partial charge in [0, 0.05) is 13.5 Å². The number of amides is 1. The molecule has 0 bridgehead atoms. The summed E-state index contributed by atoms with van der Waals surface area (Å²) in [5.74, 6) is -0.346. The fourth-order valence-corrected chi connectivity index (χ4v) is 1.17. The summed E-state index contributed by atoms with van der Waals surface area (Å²) in [6.45, 7) is 2.01. The number of hydrogen-bond donors (Lipinski definition) is 2. The van der Waals surface area contributed by atoms with E-state index in [1.807, 2.05) is 0 Å². The van der Waals surface area contributed by atoms with Crippen LogP contribution in [0.5, 0.6) is 0 Å². The van der Waals surface area contributed by atoms with Crippen molar-refractivity contribution in [1.82, 2.24) is 5.32 Å². The number of hydrogen-bond acceptors (Lipinski definition) is 3. The summed E-state index contributed by atoms with van der Waals surface area (Å²) in [4.78, 5) is 10.6. The molecule has 1 heterocycles. The van der Waals surface area contributed by atoms with Crippen LogP contribution in [0.1, 0.15) is 19.8 Å². The Morgan fingerprint density at radius 2 is 2.55 bits per heavy atom. The summed E-state index contributed by atoms with van der Waals surface area (Å²) in [6.07, 6.45) is 1.68. The van der Waals surface area contributed by atoms with E-state index in [2.05, 4.69) is 5.32 Å². The summed E-state index contributed by atoms with van der Waals surface area (Å²) in [7, 11) is -0.826. The van der Waals surface area contributed by atoms with Crippen molar-refractivity contribution in [2.75, 3.05) is 6.61 Å². The molecule has 62 valence electrons. The molecular formula is C6H12BNO3. The van der Waals surface area contributed by atoms with Crippen LogP contribution < -0.4 is 5.32 Å². The smallest absolute Gasteiger partial charge is 0.426 e. The maximum atomic E-state index is 10.6. The van der Waals surface area contributed by atoms with Gasteiger partial charge in [0.2, 0.25) is 5.91 Å². The largest absolute Gasteiger partial charge is 0.478 e. The van der Waals surface area contributed by atoms with Crippen LogP contribution in [-0.4, -0.2) is 30.6 Å². The highest BCUT2D eigenvalue weighted by atomic mass is 16.5. The molecule has 1 atom stereocenters. The molecule has 1 rings (SSSR count). The average Bonchev–Trinajstić information content (AvgIpc) is 1.93. The predicted molar refractivity (Wildman–Crippen MR) is 40.8 cm³/mol. The average molecular weight is 157 g/mol. The maximum absolute atomic E-state index is 10.6. The van der Waals surface area contributed by atoms with Gasteiger partial charge in [-0.05, 0) is 12.8 Å². The van der Waals surface area contributed by atoms with Crippen LogP contribution >= 0.6 is 0 Å². The first-order valence-corrected chi connectivity index (χ1v) is 3.77. The second kappa shape index (κ2) is 3.73. The van der Waals surface area contributed by atoms with E-state index < -0.39 is 7.12 Å². The van der Waals surface area contributed by atoms with Gasteiger partial charge in [0.05, 0.1) is 5.94 Å². The van der Waals surface area contributed by atoms with Gasteiger partial charge in [0.1, 0.15) is 0 Å². The van der Waals surface area contributed by atoms with Crippen molar-refractivity contribution >= 4 is 13.0 Å². The van der Waals surface area contributed by atoms with Gasteiger partial charge in [-0.1, -0.05) is 0 Å². The van der Waals surface area contributed by atoms with Gasteiger partial charge >= 0.3 is 7.12 Å². The van der Waals surface area contributed by atoms with Crippen molar-refractivity contribution in [3.05, 3.63) is 0 Å². The van der Waals surface area contributed by atoms with Gasteiger partial charge in [-0.2, -0.15) is 0 Å². The molecule has 0 aliphatic carbocycles. The minimum absolute atomic E-state index is 0.125. The lowest BCUT2D eigenvalue weighted by molar-refractivity contribution is -0.119. The van der Waals surface area contributed by atoms with Crippen molar-refractivity contribution in [2.45, 2.75) is 25.7 Å². The molecule has 0 aromatic carbocycles. The molecule has 1 aliphatic rings. The van der Waals surface area contributed by atoms with Gasteiger partial charge in [-0.25, -0.2) is 0 Å². The fraction of sp³-hybridized carbons (Fsp3) is 0.833. The molecule has 0 saturated carbocycles. The minimum atomic E-state index is -0.826.